The highest BCUT2D eigenvalue weighted by Gasteiger charge is 2.43. The quantitative estimate of drug-likeness (QED) is 0.493. The Kier molecular flexibility index (Phi) is 8.21. The highest BCUT2D eigenvalue weighted by molar-refractivity contribution is 5.79. The van der Waals surface area contributed by atoms with Gasteiger partial charge in [-0.05, 0) is 61.6 Å². The van der Waals surface area contributed by atoms with Crippen LogP contribution in [0.15, 0.2) is 54.6 Å². The topological polar surface area (TPSA) is 49.8 Å². The summed E-state index contributed by atoms with van der Waals surface area (Å²) in [5.41, 5.74) is 2.23. The molecule has 4 heteroatoms. The fourth-order valence-corrected chi connectivity index (χ4v) is 5.93. The number of aliphatic hydroxyl groups is 1. The number of methoxy groups -OCH3 is 1. The zero-order chi connectivity index (χ0) is 23.1. The van der Waals surface area contributed by atoms with Crippen molar-refractivity contribution >= 4 is 5.91 Å². The SMILES string of the molecule is COCCCC[C@@](O)(c1ccccc1-c1ccccc1)[C@@H]1CCCN(C(=O)C2CCCC2)C1. The van der Waals surface area contributed by atoms with Gasteiger partial charge in [0.05, 0.1) is 5.60 Å². The maximum absolute atomic E-state index is 13.2. The summed E-state index contributed by atoms with van der Waals surface area (Å²) in [6.45, 7) is 2.18. The summed E-state index contributed by atoms with van der Waals surface area (Å²) in [4.78, 5) is 15.3. The van der Waals surface area contributed by atoms with Gasteiger partial charge in [0.25, 0.3) is 0 Å². The minimum absolute atomic E-state index is 0.0315. The van der Waals surface area contributed by atoms with Crippen molar-refractivity contribution in [2.45, 2.75) is 63.4 Å². The smallest absolute Gasteiger partial charge is 0.225 e. The van der Waals surface area contributed by atoms with Crippen LogP contribution in [-0.2, 0) is 15.1 Å². The Balaban J connectivity index is 1.64. The number of nitrogens with zero attached hydrogens (tertiary/aromatic N) is 1. The van der Waals surface area contributed by atoms with Crippen molar-refractivity contribution in [1.82, 2.24) is 4.90 Å². The molecule has 2 fully saturated rings. The van der Waals surface area contributed by atoms with Gasteiger partial charge in [0.2, 0.25) is 5.91 Å². The minimum Gasteiger partial charge on any atom is -0.385 e. The Morgan fingerprint density at radius 2 is 1.73 bits per heavy atom. The van der Waals surface area contributed by atoms with E-state index in [0.29, 0.717) is 25.5 Å². The van der Waals surface area contributed by atoms with Crippen molar-refractivity contribution in [2.24, 2.45) is 11.8 Å². The van der Waals surface area contributed by atoms with E-state index in [9.17, 15) is 9.90 Å². The molecule has 33 heavy (non-hydrogen) atoms. The summed E-state index contributed by atoms with van der Waals surface area (Å²) in [5, 5.41) is 12.4. The number of ether oxygens (including phenoxy) is 1. The van der Waals surface area contributed by atoms with Crippen LogP contribution < -0.4 is 0 Å². The van der Waals surface area contributed by atoms with E-state index in [1.54, 1.807) is 7.11 Å². The lowest BCUT2D eigenvalue weighted by Gasteiger charge is -2.44. The van der Waals surface area contributed by atoms with Crippen molar-refractivity contribution in [2.75, 3.05) is 26.8 Å². The number of carbonyl (C=O) groups is 1. The molecule has 0 bridgehead atoms. The number of hydrogen-bond donors (Lipinski definition) is 1. The lowest BCUT2D eigenvalue weighted by atomic mass is 9.72. The van der Waals surface area contributed by atoms with E-state index < -0.39 is 5.60 Å². The van der Waals surface area contributed by atoms with E-state index in [-0.39, 0.29) is 11.8 Å². The second-order valence-electron chi connectivity index (χ2n) is 9.89. The van der Waals surface area contributed by atoms with Gasteiger partial charge in [-0.15, -0.1) is 0 Å². The summed E-state index contributed by atoms with van der Waals surface area (Å²) in [6, 6.07) is 18.6. The monoisotopic (exact) mass is 449 g/mol. The van der Waals surface area contributed by atoms with Gasteiger partial charge in [0.1, 0.15) is 0 Å². The van der Waals surface area contributed by atoms with Crippen molar-refractivity contribution in [3.05, 3.63) is 60.2 Å². The number of unbranched alkanes of at least 4 members (excludes halogenated alkanes) is 1. The predicted octanol–water partition coefficient (Wildman–Crippen LogP) is 5.79. The highest BCUT2D eigenvalue weighted by Crippen LogP contribution is 2.44. The maximum atomic E-state index is 13.2. The van der Waals surface area contributed by atoms with Crippen LogP contribution in [0.25, 0.3) is 11.1 Å². The minimum atomic E-state index is -0.977. The average molecular weight is 450 g/mol. The number of amides is 1. The van der Waals surface area contributed by atoms with E-state index in [1.807, 2.05) is 30.3 Å². The maximum Gasteiger partial charge on any atom is 0.225 e. The van der Waals surface area contributed by atoms with Crippen LogP contribution >= 0.6 is 0 Å². The largest absolute Gasteiger partial charge is 0.385 e. The molecule has 0 aromatic heterocycles. The number of benzene rings is 2. The van der Waals surface area contributed by atoms with Gasteiger partial charge in [-0.3, -0.25) is 4.79 Å². The molecule has 1 heterocycles. The molecule has 1 saturated heterocycles. The van der Waals surface area contributed by atoms with E-state index in [2.05, 4.69) is 29.2 Å². The van der Waals surface area contributed by atoms with Gasteiger partial charge in [0.15, 0.2) is 0 Å². The van der Waals surface area contributed by atoms with Crippen LogP contribution in [0.2, 0.25) is 0 Å². The van der Waals surface area contributed by atoms with Gasteiger partial charge < -0.3 is 14.7 Å². The molecule has 1 aliphatic heterocycles. The number of likely N-dealkylation sites (tertiary alicyclic amines) is 1. The van der Waals surface area contributed by atoms with Crippen LogP contribution in [0.1, 0.15) is 63.4 Å². The molecule has 2 atom stereocenters. The Labute approximate surface area is 199 Å². The summed E-state index contributed by atoms with van der Waals surface area (Å²) in [7, 11) is 1.73. The van der Waals surface area contributed by atoms with Crippen LogP contribution in [-0.4, -0.2) is 42.7 Å². The molecule has 4 nitrogen and oxygen atoms in total. The first-order valence-corrected chi connectivity index (χ1v) is 12.8. The predicted molar refractivity (Wildman–Crippen MR) is 133 cm³/mol. The molecule has 2 aliphatic rings. The van der Waals surface area contributed by atoms with E-state index in [1.165, 1.54) is 12.8 Å². The summed E-state index contributed by atoms with van der Waals surface area (Å²) < 4.78 is 5.27. The third-order valence-electron chi connectivity index (χ3n) is 7.75. The zero-order valence-electron chi connectivity index (χ0n) is 20.0. The van der Waals surface area contributed by atoms with Crippen molar-refractivity contribution in [3.63, 3.8) is 0 Å². The molecule has 2 aromatic carbocycles. The second kappa shape index (κ2) is 11.3. The number of piperidine rings is 1. The molecule has 1 N–H and O–H groups in total. The van der Waals surface area contributed by atoms with Crippen molar-refractivity contribution < 1.29 is 14.6 Å². The van der Waals surface area contributed by atoms with Crippen LogP contribution in [0.4, 0.5) is 0 Å². The summed E-state index contributed by atoms with van der Waals surface area (Å²) in [5.74, 6) is 0.537. The van der Waals surface area contributed by atoms with Crippen molar-refractivity contribution in [1.29, 1.82) is 0 Å². The molecular weight excluding hydrogens is 410 g/mol. The van der Waals surface area contributed by atoms with Crippen LogP contribution in [0, 0.1) is 11.8 Å². The Bertz CT molecular complexity index is 893. The molecule has 1 saturated carbocycles. The summed E-state index contributed by atoms with van der Waals surface area (Å²) in [6.07, 6.45) is 8.77. The van der Waals surface area contributed by atoms with E-state index in [0.717, 1.165) is 61.8 Å². The summed E-state index contributed by atoms with van der Waals surface area (Å²) >= 11 is 0. The molecule has 2 aromatic rings. The first kappa shape index (κ1) is 24.0. The molecule has 0 unspecified atom stereocenters. The lowest BCUT2D eigenvalue weighted by molar-refractivity contribution is -0.140. The van der Waals surface area contributed by atoms with Crippen molar-refractivity contribution in [3.8, 4) is 11.1 Å². The first-order valence-electron chi connectivity index (χ1n) is 12.8. The fourth-order valence-electron chi connectivity index (χ4n) is 5.93. The molecule has 1 aliphatic carbocycles. The zero-order valence-corrected chi connectivity index (χ0v) is 20.0. The first-order chi connectivity index (χ1) is 16.1. The number of hydrogen-bond acceptors (Lipinski definition) is 3. The Morgan fingerprint density at radius 3 is 2.48 bits per heavy atom. The molecule has 178 valence electrons. The molecular formula is C29H39NO3. The van der Waals surface area contributed by atoms with Gasteiger partial charge in [-0.1, -0.05) is 67.4 Å². The third-order valence-corrected chi connectivity index (χ3v) is 7.75. The fraction of sp³-hybridized carbons (Fsp3) is 0.552. The van der Waals surface area contributed by atoms with E-state index in [4.69, 9.17) is 4.74 Å². The van der Waals surface area contributed by atoms with Crippen LogP contribution in [0.3, 0.4) is 0 Å². The standard InChI is InChI=1S/C29H39NO3/c1-33-21-10-9-19-29(32,27-18-8-7-17-26(27)23-12-3-2-4-13-23)25-16-11-20-30(22-25)28(31)24-14-5-6-15-24/h2-4,7-8,12-13,17-18,24-25,32H,5-6,9-11,14-16,19-22H2,1H3/t25-,29+/m1/s1. The Morgan fingerprint density at radius 1 is 1.00 bits per heavy atom. The van der Waals surface area contributed by atoms with Gasteiger partial charge >= 0.3 is 0 Å². The molecule has 4 rings (SSSR count). The molecule has 0 spiro atoms. The number of carbonyl (C=O) groups excluding carboxylic acids is 1. The normalized spacial score (nSPS) is 21.2. The Hall–Kier alpha value is -2.17. The molecule has 0 radical (unpaired) electrons. The third kappa shape index (κ3) is 5.50. The number of rotatable bonds is 9. The second-order valence-corrected chi connectivity index (χ2v) is 9.89. The lowest BCUT2D eigenvalue weighted by Crippen LogP contribution is -2.49. The van der Waals surface area contributed by atoms with Gasteiger partial charge in [-0.2, -0.15) is 0 Å². The van der Waals surface area contributed by atoms with Crippen LogP contribution in [0.5, 0.6) is 0 Å². The van der Waals surface area contributed by atoms with E-state index >= 15 is 0 Å². The molecule has 1 amide bonds. The van der Waals surface area contributed by atoms with Gasteiger partial charge in [0, 0.05) is 38.6 Å². The average Bonchev–Trinajstić information content (AvgIpc) is 3.42. The van der Waals surface area contributed by atoms with Gasteiger partial charge in [-0.25, -0.2) is 0 Å². The highest BCUT2D eigenvalue weighted by atomic mass is 16.5.